The summed E-state index contributed by atoms with van der Waals surface area (Å²) in [5.41, 5.74) is 0. The highest BCUT2D eigenvalue weighted by Crippen LogP contribution is 2.13. The van der Waals surface area contributed by atoms with Gasteiger partial charge in [0, 0.05) is 7.11 Å². The Labute approximate surface area is 89.4 Å². The van der Waals surface area contributed by atoms with E-state index in [0.717, 1.165) is 0 Å². The molecule has 0 saturated heterocycles. The fraction of sp³-hybridized carbons (Fsp3) is 0.778. The van der Waals surface area contributed by atoms with Crippen LogP contribution in [0.15, 0.2) is 4.42 Å². The van der Waals surface area contributed by atoms with E-state index in [2.05, 4.69) is 20.8 Å². The van der Waals surface area contributed by atoms with Crippen LogP contribution in [0.5, 0.6) is 0 Å². The monoisotopic (exact) mass is 214 g/mol. The second kappa shape index (κ2) is 5.67. The molecule has 15 heavy (non-hydrogen) atoms. The third kappa shape index (κ3) is 3.49. The summed E-state index contributed by atoms with van der Waals surface area (Å²) in [5, 5.41) is 13.9. The van der Waals surface area contributed by atoms with Crippen LogP contribution in [0.1, 0.15) is 25.8 Å². The lowest BCUT2D eigenvalue weighted by molar-refractivity contribution is 0.189. The molecule has 0 fully saturated rings. The average molecular weight is 214 g/mol. The molecule has 2 unspecified atom stereocenters. The molecule has 0 bridgehead atoms. The average Bonchev–Trinajstić information content (AvgIpc) is 2.65. The molecular formula is C9H18N4O2. The summed E-state index contributed by atoms with van der Waals surface area (Å²) in [5.74, 6) is 0.574. The maximum atomic E-state index is 5.40. The number of nitrogens with zero attached hydrogens (tertiary/aromatic N) is 2. The van der Waals surface area contributed by atoms with Gasteiger partial charge in [0.25, 0.3) is 0 Å². The van der Waals surface area contributed by atoms with Crippen molar-refractivity contribution in [3.8, 4) is 0 Å². The molecule has 2 N–H and O–H groups in total. The van der Waals surface area contributed by atoms with Crippen molar-refractivity contribution in [1.29, 1.82) is 0 Å². The van der Waals surface area contributed by atoms with Crippen molar-refractivity contribution in [1.82, 2.24) is 15.5 Å². The number of hydrogen-bond donors (Lipinski definition) is 2. The number of anilines is 1. The van der Waals surface area contributed by atoms with Gasteiger partial charge in [-0.1, -0.05) is 5.10 Å². The third-order valence-corrected chi connectivity index (χ3v) is 2.03. The highest BCUT2D eigenvalue weighted by Gasteiger charge is 2.12. The van der Waals surface area contributed by atoms with Crippen molar-refractivity contribution in [2.24, 2.45) is 0 Å². The molecule has 1 rings (SSSR count). The SMILES string of the molecule is CNC(C)c1nnc(NC(C)COC)o1. The van der Waals surface area contributed by atoms with Crippen molar-refractivity contribution in [3.63, 3.8) is 0 Å². The van der Waals surface area contributed by atoms with E-state index in [1.165, 1.54) is 0 Å². The molecule has 1 aromatic heterocycles. The number of rotatable bonds is 6. The molecule has 0 spiro atoms. The van der Waals surface area contributed by atoms with Crippen molar-refractivity contribution < 1.29 is 9.15 Å². The normalized spacial score (nSPS) is 14.9. The molecule has 1 aromatic rings. The van der Waals surface area contributed by atoms with E-state index in [1.807, 2.05) is 20.9 Å². The molecular weight excluding hydrogens is 196 g/mol. The minimum atomic E-state index is 0.0609. The molecule has 0 aliphatic heterocycles. The minimum absolute atomic E-state index is 0.0609. The van der Waals surface area contributed by atoms with Gasteiger partial charge in [0.05, 0.1) is 18.7 Å². The van der Waals surface area contributed by atoms with E-state index in [1.54, 1.807) is 7.11 Å². The Balaban J connectivity index is 2.52. The van der Waals surface area contributed by atoms with Gasteiger partial charge in [0.2, 0.25) is 5.89 Å². The third-order valence-electron chi connectivity index (χ3n) is 2.03. The number of ether oxygens (including phenoxy) is 1. The molecule has 0 radical (unpaired) electrons. The van der Waals surface area contributed by atoms with Crippen LogP contribution < -0.4 is 10.6 Å². The zero-order valence-corrected chi connectivity index (χ0v) is 9.57. The van der Waals surface area contributed by atoms with Crippen LogP contribution in [0.2, 0.25) is 0 Å². The molecule has 0 aromatic carbocycles. The van der Waals surface area contributed by atoms with Crippen LogP contribution in [0.3, 0.4) is 0 Å². The molecule has 6 heteroatoms. The lowest BCUT2D eigenvalue weighted by Crippen LogP contribution is -2.20. The lowest BCUT2D eigenvalue weighted by atomic mass is 10.3. The lowest BCUT2D eigenvalue weighted by Gasteiger charge is -2.09. The van der Waals surface area contributed by atoms with Crippen LogP contribution in [0, 0.1) is 0 Å². The Hall–Kier alpha value is -1.14. The van der Waals surface area contributed by atoms with E-state index in [4.69, 9.17) is 9.15 Å². The van der Waals surface area contributed by atoms with Crippen LogP contribution in [0.4, 0.5) is 6.01 Å². The molecule has 0 saturated carbocycles. The van der Waals surface area contributed by atoms with Gasteiger partial charge < -0.3 is 19.8 Å². The van der Waals surface area contributed by atoms with Gasteiger partial charge in [-0.25, -0.2) is 0 Å². The second-order valence-electron chi connectivity index (χ2n) is 3.46. The highest BCUT2D eigenvalue weighted by molar-refractivity contribution is 5.19. The van der Waals surface area contributed by atoms with E-state index >= 15 is 0 Å². The largest absolute Gasteiger partial charge is 0.406 e. The van der Waals surface area contributed by atoms with Crippen molar-refractivity contribution in [2.75, 3.05) is 26.1 Å². The number of hydrogen-bond acceptors (Lipinski definition) is 6. The van der Waals surface area contributed by atoms with E-state index in [0.29, 0.717) is 18.5 Å². The van der Waals surface area contributed by atoms with E-state index in [9.17, 15) is 0 Å². The number of aromatic nitrogens is 2. The second-order valence-corrected chi connectivity index (χ2v) is 3.46. The fourth-order valence-corrected chi connectivity index (χ4v) is 1.09. The maximum Gasteiger partial charge on any atom is 0.315 e. The quantitative estimate of drug-likeness (QED) is 0.729. The van der Waals surface area contributed by atoms with Crippen LogP contribution >= 0.6 is 0 Å². The Kier molecular flexibility index (Phi) is 4.51. The standard InChI is InChI=1S/C9H18N4O2/c1-6(5-14-4)11-9-13-12-8(15-9)7(2)10-3/h6-7,10H,5H2,1-4H3,(H,11,13). The Bertz CT molecular complexity index is 289. The summed E-state index contributed by atoms with van der Waals surface area (Å²) >= 11 is 0. The number of nitrogens with one attached hydrogen (secondary N) is 2. The Morgan fingerprint density at radius 3 is 2.73 bits per heavy atom. The van der Waals surface area contributed by atoms with Crippen molar-refractivity contribution >= 4 is 6.01 Å². The fourth-order valence-electron chi connectivity index (χ4n) is 1.09. The molecule has 2 atom stereocenters. The number of methoxy groups -OCH3 is 1. The van der Waals surface area contributed by atoms with Gasteiger partial charge in [-0.2, -0.15) is 0 Å². The summed E-state index contributed by atoms with van der Waals surface area (Å²) in [6, 6.07) is 0.635. The Morgan fingerprint density at radius 2 is 2.13 bits per heavy atom. The highest BCUT2D eigenvalue weighted by atomic mass is 16.5. The first-order valence-electron chi connectivity index (χ1n) is 4.93. The summed E-state index contributed by atoms with van der Waals surface area (Å²) in [6.45, 7) is 4.53. The predicted molar refractivity (Wildman–Crippen MR) is 56.7 cm³/mol. The summed E-state index contributed by atoms with van der Waals surface area (Å²) in [6.07, 6.45) is 0. The first kappa shape index (κ1) is 11.9. The summed E-state index contributed by atoms with van der Waals surface area (Å²) < 4.78 is 10.4. The molecule has 0 aliphatic carbocycles. The van der Waals surface area contributed by atoms with Gasteiger partial charge in [-0.05, 0) is 20.9 Å². The van der Waals surface area contributed by atoms with Crippen LogP contribution in [-0.2, 0) is 4.74 Å². The van der Waals surface area contributed by atoms with Crippen LogP contribution in [0.25, 0.3) is 0 Å². The summed E-state index contributed by atoms with van der Waals surface area (Å²) in [7, 11) is 3.50. The van der Waals surface area contributed by atoms with Crippen molar-refractivity contribution in [3.05, 3.63) is 5.89 Å². The van der Waals surface area contributed by atoms with Gasteiger partial charge in [0.1, 0.15) is 0 Å². The zero-order chi connectivity index (χ0) is 11.3. The van der Waals surface area contributed by atoms with Crippen LogP contribution in [-0.4, -0.2) is 37.0 Å². The summed E-state index contributed by atoms with van der Waals surface area (Å²) in [4.78, 5) is 0. The van der Waals surface area contributed by atoms with E-state index < -0.39 is 0 Å². The first-order valence-corrected chi connectivity index (χ1v) is 4.93. The Morgan fingerprint density at radius 1 is 1.40 bits per heavy atom. The zero-order valence-electron chi connectivity index (χ0n) is 9.57. The van der Waals surface area contributed by atoms with Gasteiger partial charge >= 0.3 is 6.01 Å². The predicted octanol–water partition coefficient (Wildman–Crippen LogP) is 0.797. The topological polar surface area (TPSA) is 72.2 Å². The molecule has 0 aliphatic rings. The molecule has 86 valence electrons. The maximum absolute atomic E-state index is 5.40. The molecule has 6 nitrogen and oxygen atoms in total. The van der Waals surface area contributed by atoms with Gasteiger partial charge in [0.15, 0.2) is 0 Å². The smallest absolute Gasteiger partial charge is 0.315 e. The molecule has 1 heterocycles. The van der Waals surface area contributed by atoms with Gasteiger partial charge in [-0.3, -0.25) is 0 Å². The van der Waals surface area contributed by atoms with Crippen molar-refractivity contribution in [2.45, 2.75) is 25.9 Å². The first-order chi connectivity index (χ1) is 7.17. The van der Waals surface area contributed by atoms with E-state index in [-0.39, 0.29) is 12.1 Å². The van der Waals surface area contributed by atoms with Gasteiger partial charge in [-0.15, -0.1) is 5.10 Å². The minimum Gasteiger partial charge on any atom is -0.406 e. The molecule has 0 amide bonds.